The van der Waals surface area contributed by atoms with Crippen LogP contribution in [-0.2, 0) is 6.54 Å². The van der Waals surface area contributed by atoms with Crippen LogP contribution in [0.2, 0.25) is 0 Å². The number of rotatable bonds is 7. The van der Waals surface area contributed by atoms with Gasteiger partial charge in [0, 0.05) is 37.3 Å². The van der Waals surface area contributed by atoms with E-state index in [1.165, 1.54) is 32.0 Å². The summed E-state index contributed by atoms with van der Waals surface area (Å²) in [4.78, 5) is 7.40. The molecule has 1 heterocycles. The maximum Gasteiger partial charge on any atom is 0.191 e. The van der Waals surface area contributed by atoms with E-state index in [0.717, 1.165) is 37.0 Å². The molecule has 0 unspecified atom stereocenters. The van der Waals surface area contributed by atoms with E-state index in [4.69, 9.17) is 9.73 Å². The molecule has 1 saturated carbocycles. The second kappa shape index (κ2) is 11.7. The molecule has 0 amide bonds. The lowest BCUT2D eigenvalue weighted by Gasteiger charge is -2.33. The van der Waals surface area contributed by atoms with E-state index < -0.39 is 0 Å². The van der Waals surface area contributed by atoms with Gasteiger partial charge < -0.3 is 20.3 Å². The number of benzene rings is 2. The smallest absolute Gasteiger partial charge is 0.191 e. The van der Waals surface area contributed by atoms with Gasteiger partial charge in [-0.15, -0.1) is 24.0 Å². The molecule has 2 aliphatic rings. The number of nitrogens with one attached hydrogen (secondary N) is 2. The minimum Gasteiger partial charge on any atom is -0.454 e. The van der Waals surface area contributed by atoms with Crippen molar-refractivity contribution in [1.82, 2.24) is 15.5 Å². The van der Waals surface area contributed by atoms with Gasteiger partial charge in [-0.3, -0.25) is 0 Å². The standard InChI is InChI=1S/C24H31FN4O.HI/c1-2-26-24(28-19-13-15-29(16-14-19)20-11-12-20)27-17-18-7-3-5-9-22(18)30-23-10-6-4-8-21(23)25;/h3-10,19-20H,2,11-17H2,1H3,(H2,26,27,28);1H. The highest BCUT2D eigenvalue weighted by Crippen LogP contribution is 2.29. The summed E-state index contributed by atoms with van der Waals surface area (Å²) >= 11 is 0. The van der Waals surface area contributed by atoms with Gasteiger partial charge in [0.15, 0.2) is 17.5 Å². The topological polar surface area (TPSA) is 48.9 Å². The highest BCUT2D eigenvalue weighted by Gasteiger charge is 2.31. The van der Waals surface area contributed by atoms with Gasteiger partial charge in [-0.05, 0) is 50.8 Å². The van der Waals surface area contributed by atoms with E-state index >= 15 is 0 Å². The van der Waals surface area contributed by atoms with Crippen molar-refractivity contribution in [3.8, 4) is 11.5 Å². The molecular formula is C24H32FIN4O. The fourth-order valence-corrected chi connectivity index (χ4v) is 3.91. The Morgan fingerprint density at radius 1 is 1.03 bits per heavy atom. The number of halogens is 2. The van der Waals surface area contributed by atoms with Crippen molar-refractivity contribution < 1.29 is 9.13 Å². The van der Waals surface area contributed by atoms with E-state index in [1.807, 2.05) is 24.3 Å². The van der Waals surface area contributed by atoms with E-state index in [1.54, 1.807) is 18.2 Å². The third kappa shape index (κ3) is 6.80. The predicted octanol–water partition coefficient (Wildman–Crippen LogP) is 4.92. The zero-order valence-corrected chi connectivity index (χ0v) is 20.3. The Bertz CT molecular complexity index is 866. The molecule has 31 heavy (non-hydrogen) atoms. The van der Waals surface area contributed by atoms with Crippen LogP contribution in [0.3, 0.4) is 0 Å². The molecule has 1 aliphatic carbocycles. The van der Waals surface area contributed by atoms with Crippen LogP contribution < -0.4 is 15.4 Å². The summed E-state index contributed by atoms with van der Waals surface area (Å²) in [5.41, 5.74) is 0.918. The monoisotopic (exact) mass is 538 g/mol. The molecule has 0 radical (unpaired) electrons. The van der Waals surface area contributed by atoms with Crippen molar-refractivity contribution in [3.05, 3.63) is 59.9 Å². The van der Waals surface area contributed by atoms with Crippen molar-refractivity contribution in [3.63, 3.8) is 0 Å². The largest absolute Gasteiger partial charge is 0.454 e. The summed E-state index contributed by atoms with van der Waals surface area (Å²) in [6.07, 6.45) is 5.04. The molecule has 0 bridgehead atoms. The molecule has 0 atom stereocenters. The summed E-state index contributed by atoms with van der Waals surface area (Å²) in [7, 11) is 0. The zero-order chi connectivity index (χ0) is 20.8. The lowest BCUT2D eigenvalue weighted by molar-refractivity contribution is 0.197. The van der Waals surface area contributed by atoms with Gasteiger partial charge in [-0.1, -0.05) is 30.3 Å². The van der Waals surface area contributed by atoms with Crippen LogP contribution in [0.5, 0.6) is 11.5 Å². The summed E-state index contributed by atoms with van der Waals surface area (Å²) < 4.78 is 19.8. The molecule has 5 nitrogen and oxygen atoms in total. The highest BCUT2D eigenvalue weighted by molar-refractivity contribution is 14.0. The molecule has 1 saturated heterocycles. The number of hydrogen-bond acceptors (Lipinski definition) is 3. The van der Waals surface area contributed by atoms with Gasteiger partial charge in [-0.2, -0.15) is 0 Å². The first kappa shape index (κ1) is 23.8. The molecule has 4 rings (SSSR count). The van der Waals surface area contributed by atoms with E-state index in [0.29, 0.717) is 18.3 Å². The average molecular weight is 538 g/mol. The second-order valence-electron chi connectivity index (χ2n) is 8.02. The molecular weight excluding hydrogens is 506 g/mol. The zero-order valence-electron chi connectivity index (χ0n) is 18.0. The fourth-order valence-electron chi connectivity index (χ4n) is 3.91. The Morgan fingerprint density at radius 3 is 2.39 bits per heavy atom. The van der Waals surface area contributed by atoms with Gasteiger partial charge in [0.1, 0.15) is 5.75 Å². The molecule has 7 heteroatoms. The van der Waals surface area contributed by atoms with Crippen LogP contribution in [0.4, 0.5) is 4.39 Å². The maximum atomic E-state index is 14.0. The molecule has 0 aromatic heterocycles. The number of nitrogens with zero attached hydrogens (tertiary/aromatic N) is 2. The number of para-hydroxylation sites is 2. The summed E-state index contributed by atoms with van der Waals surface area (Å²) in [6, 6.07) is 15.4. The van der Waals surface area contributed by atoms with E-state index in [9.17, 15) is 4.39 Å². The van der Waals surface area contributed by atoms with Crippen LogP contribution in [-0.4, -0.2) is 42.6 Å². The average Bonchev–Trinajstić information content (AvgIpc) is 3.61. The first-order chi connectivity index (χ1) is 14.7. The van der Waals surface area contributed by atoms with Gasteiger partial charge >= 0.3 is 0 Å². The third-order valence-electron chi connectivity index (χ3n) is 5.71. The van der Waals surface area contributed by atoms with Crippen molar-refractivity contribution in [2.75, 3.05) is 19.6 Å². The molecule has 2 N–H and O–H groups in total. The maximum absolute atomic E-state index is 14.0. The lowest BCUT2D eigenvalue weighted by atomic mass is 10.1. The Balaban J connectivity index is 0.00000272. The second-order valence-corrected chi connectivity index (χ2v) is 8.02. The van der Waals surface area contributed by atoms with E-state index in [2.05, 4.69) is 22.5 Å². The SMILES string of the molecule is CCNC(=NCc1ccccc1Oc1ccccc1F)NC1CCN(C2CC2)CC1.I. The number of likely N-dealkylation sites (tertiary alicyclic amines) is 1. The van der Waals surface area contributed by atoms with Crippen LogP contribution in [0.1, 0.15) is 38.2 Å². The number of aliphatic imine (C=N–C) groups is 1. The van der Waals surface area contributed by atoms with E-state index in [-0.39, 0.29) is 35.5 Å². The lowest BCUT2D eigenvalue weighted by Crippen LogP contribution is -2.49. The molecule has 1 aliphatic heterocycles. The van der Waals surface area contributed by atoms with Gasteiger partial charge in [0.25, 0.3) is 0 Å². The van der Waals surface area contributed by atoms with Crippen molar-refractivity contribution in [2.24, 2.45) is 4.99 Å². The molecule has 2 aromatic carbocycles. The minimum absolute atomic E-state index is 0. The van der Waals surface area contributed by atoms with Crippen molar-refractivity contribution in [1.29, 1.82) is 0 Å². The van der Waals surface area contributed by atoms with Gasteiger partial charge in [-0.25, -0.2) is 9.38 Å². The first-order valence-corrected chi connectivity index (χ1v) is 11.0. The first-order valence-electron chi connectivity index (χ1n) is 11.0. The minimum atomic E-state index is -0.372. The van der Waals surface area contributed by atoms with Crippen LogP contribution in [0, 0.1) is 5.82 Å². The Labute approximate surface area is 201 Å². The quantitative estimate of drug-likeness (QED) is 0.299. The predicted molar refractivity (Wildman–Crippen MR) is 134 cm³/mol. The highest BCUT2D eigenvalue weighted by atomic mass is 127. The van der Waals surface area contributed by atoms with Gasteiger partial charge in [0.2, 0.25) is 0 Å². The van der Waals surface area contributed by atoms with Gasteiger partial charge in [0.05, 0.1) is 6.54 Å². The third-order valence-corrected chi connectivity index (χ3v) is 5.71. The Kier molecular flexibility index (Phi) is 8.95. The van der Waals surface area contributed by atoms with Crippen LogP contribution >= 0.6 is 24.0 Å². The molecule has 0 spiro atoms. The number of guanidine groups is 1. The van der Waals surface area contributed by atoms with Crippen LogP contribution in [0.15, 0.2) is 53.5 Å². The summed E-state index contributed by atoms with van der Waals surface area (Å²) in [6.45, 7) is 5.67. The number of hydrogen-bond donors (Lipinski definition) is 2. The Hall–Kier alpha value is -1.87. The van der Waals surface area contributed by atoms with Crippen LogP contribution in [0.25, 0.3) is 0 Å². The normalized spacial score (nSPS) is 17.7. The summed E-state index contributed by atoms with van der Waals surface area (Å²) in [5.74, 6) is 1.30. The van der Waals surface area contributed by atoms with Crippen molar-refractivity contribution in [2.45, 2.75) is 51.2 Å². The fraction of sp³-hybridized carbons (Fsp3) is 0.458. The molecule has 2 aromatic rings. The molecule has 168 valence electrons. The Morgan fingerprint density at radius 2 is 1.71 bits per heavy atom. The van der Waals surface area contributed by atoms with Crippen molar-refractivity contribution >= 4 is 29.9 Å². The number of ether oxygens (including phenoxy) is 1. The molecule has 2 fully saturated rings. The number of piperidine rings is 1. The summed E-state index contributed by atoms with van der Waals surface area (Å²) in [5, 5.41) is 6.95.